The number of hydrogen-bond acceptors (Lipinski definition) is 2. The maximum Gasteiger partial charge on any atom is 0.417 e. The molecule has 0 saturated heterocycles. The zero-order chi connectivity index (χ0) is 33.8. The van der Waals surface area contributed by atoms with Crippen LogP contribution in [0.25, 0.3) is 6.08 Å². The highest BCUT2D eigenvalue weighted by Gasteiger charge is 2.40. The van der Waals surface area contributed by atoms with Gasteiger partial charge in [0.05, 0.1) is 38.5 Å². The van der Waals surface area contributed by atoms with Crippen LogP contribution in [0.2, 0.25) is 15.1 Å². The van der Waals surface area contributed by atoms with Gasteiger partial charge < -0.3 is 10.2 Å². The molecule has 2 atom stereocenters. The Morgan fingerprint density at radius 3 is 1.95 bits per heavy atom. The van der Waals surface area contributed by atoms with Gasteiger partial charge in [0.1, 0.15) is 6.17 Å². The van der Waals surface area contributed by atoms with Crippen LogP contribution in [0.15, 0.2) is 36.4 Å². The lowest BCUT2D eigenvalue weighted by Gasteiger charge is -2.32. The summed E-state index contributed by atoms with van der Waals surface area (Å²) in [5.74, 6) is -4.88. The third-order valence-electron chi connectivity index (χ3n) is 6.10. The molecule has 0 radical (unpaired) electrons. The third-order valence-corrected chi connectivity index (χ3v) is 7.30. The minimum Gasteiger partial charge on any atom is -0.332 e. The van der Waals surface area contributed by atoms with Crippen molar-refractivity contribution in [3.63, 3.8) is 0 Å². The summed E-state index contributed by atoms with van der Waals surface area (Å²) in [7, 11) is 0. The van der Waals surface area contributed by atoms with E-state index in [0.717, 1.165) is 35.2 Å². The van der Waals surface area contributed by atoms with Crippen LogP contribution >= 0.6 is 34.8 Å². The number of amides is 2. The van der Waals surface area contributed by atoms with Crippen molar-refractivity contribution in [2.45, 2.75) is 64.2 Å². The number of carbonyl (C=O) groups excluding carboxylic acids is 2. The molecular formula is C28H26Cl3F9N2O2. The zero-order valence-corrected chi connectivity index (χ0v) is 25.5. The van der Waals surface area contributed by atoms with Gasteiger partial charge in [0.25, 0.3) is 5.91 Å². The van der Waals surface area contributed by atoms with Crippen molar-refractivity contribution in [3.05, 3.63) is 73.7 Å². The molecule has 1 unspecified atom stereocenters. The Morgan fingerprint density at radius 2 is 1.48 bits per heavy atom. The summed E-state index contributed by atoms with van der Waals surface area (Å²) in [6.45, 7) is 4.42. The van der Waals surface area contributed by atoms with E-state index in [9.17, 15) is 49.1 Å². The van der Waals surface area contributed by atoms with Crippen molar-refractivity contribution < 1.29 is 49.1 Å². The standard InChI is InChI=1S/C28H26Cl3F9N2O2/c1-14(2)13-42(23(43)8-9-26(32,33)34)15(3)41-25(44)18-6-4-16(10-20(18)28(38,39)40)5-7-19(27(35,36)37)17-11-21(29)24(31)22(30)12-17/h4-7,10-12,14-15,19H,8-9,13H2,1-3H3,(H,41,44)/b7-5+/t15-,19?/m0/s1. The van der Waals surface area contributed by atoms with Crippen LogP contribution in [0.1, 0.15) is 66.6 Å². The molecule has 0 saturated carbocycles. The van der Waals surface area contributed by atoms with Crippen molar-refractivity contribution >= 4 is 52.7 Å². The minimum atomic E-state index is -5.14. The average Bonchev–Trinajstić information content (AvgIpc) is 2.87. The Balaban J connectivity index is 2.41. The van der Waals surface area contributed by atoms with Crippen molar-refractivity contribution in [3.8, 4) is 0 Å². The van der Waals surface area contributed by atoms with Crippen molar-refractivity contribution in [2.75, 3.05) is 6.54 Å². The first-order chi connectivity index (χ1) is 20.0. The summed E-state index contributed by atoms with van der Waals surface area (Å²) < 4.78 is 121. The fourth-order valence-electron chi connectivity index (χ4n) is 4.08. The van der Waals surface area contributed by atoms with Gasteiger partial charge in [0.15, 0.2) is 0 Å². The zero-order valence-electron chi connectivity index (χ0n) is 23.2. The first-order valence-corrected chi connectivity index (χ1v) is 13.9. The molecule has 0 fully saturated rings. The highest BCUT2D eigenvalue weighted by atomic mass is 35.5. The van der Waals surface area contributed by atoms with Crippen LogP contribution in [0, 0.1) is 5.92 Å². The third kappa shape index (κ3) is 10.8. The molecule has 0 heterocycles. The maximum absolute atomic E-state index is 14.0. The molecule has 4 nitrogen and oxygen atoms in total. The van der Waals surface area contributed by atoms with Crippen LogP contribution in [0.3, 0.4) is 0 Å². The van der Waals surface area contributed by atoms with Crippen molar-refractivity contribution in [1.29, 1.82) is 0 Å². The van der Waals surface area contributed by atoms with Gasteiger partial charge in [-0.1, -0.05) is 66.9 Å². The Bertz CT molecular complexity index is 1350. The van der Waals surface area contributed by atoms with E-state index in [1.807, 2.05) is 0 Å². The number of nitrogens with one attached hydrogen (secondary N) is 1. The molecule has 244 valence electrons. The highest BCUT2D eigenvalue weighted by molar-refractivity contribution is 6.48. The van der Waals surface area contributed by atoms with E-state index < -0.39 is 72.0 Å². The Kier molecular flexibility index (Phi) is 12.5. The lowest BCUT2D eigenvalue weighted by Crippen LogP contribution is -2.50. The van der Waals surface area contributed by atoms with Gasteiger partial charge in [-0.2, -0.15) is 39.5 Å². The summed E-state index contributed by atoms with van der Waals surface area (Å²) in [6.07, 6.45) is -17.0. The maximum atomic E-state index is 14.0. The molecular weight excluding hydrogens is 674 g/mol. The number of halogens is 12. The van der Waals surface area contributed by atoms with Crippen LogP contribution in [-0.2, 0) is 11.0 Å². The SMILES string of the molecule is CC(C)CN(C(=O)CCC(F)(F)F)[C@@H](C)NC(=O)c1ccc(/C=C/C(c2cc(Cl)c(Cl)c(Cl)c2)C(F)(F)F)cc1C(F)(F)F. The predicted octanol–water partition coefficient (Wildman–Crippen LogP) is 9.93. The second-order valence-electron chi connectivity index (χ2n) is 10.2. The number of hydrogen-bond donors (Lipinski definition) is 1. The number of rotatable bonds is 10. The molecule has 0 bridgehead atoms. The van der Waals surface area contributed by atoms with Crippen molar-refractivity contribution in [2.24, 2.45) is 5.92 Å². The average molecular weight is 700 g/mol. The monoisotopic (exact) mass is 698 g/mol. The van der Waals surface area contributed by atoms with Gasteiger partial charge in [-0.15, -0.1) is 0 Å². The summed E-state index contributed by atoms with van der Waals surface area (Å²) in [6, 6.07) is 4.02. The van der Waals surface area contributed by atoms with Gasteiger partial charge in [0, 0.05) is 13.0 Å². The second-order valence-corrected chi connectivity index (χ2v) is 11.4. The molecule has 2 amide bonds. The van der Waals surface area contributed by atoms with E-state index in [-0.39, 0.29) is 33.1 Å². The highest BCUT2D eigenvalue weighted by Crippen LogP contribution is 2.41. The van der Waals surface area contributed by atoms with E-state index in [2.05, 4.69) is 5.32 Å². The number of carbonyl (C=O) groups is 2. The van der Waals surface area contributed by atoms with E-state index in [1.165, 1.54) is 6.92 Å². The fraction of sp³-hybridized carbons (Fsp3) is 0.429. The van der Waals surface area contributed by atoms with Crippen LogP contribution in [0.4, 0.5) is 39.5 Å². The number of benzene rings is 2. The van der Waals surface area contributed by atoms with Crippen molar-refractivity contribution in [1.82, 2.24) is 10.2 Å². The van der Waals surface area contributed by atoms with E-state index in [0.29, 0.717) is 12.1 Å². The van der Waals surface area contributed by atoms with Gasteiger partial charge in [0.2, 0.25) is 5.91 Å². The van der Waals surface area contributed by atoms with Gasteiger partial charge in [-0.25, -0.2) is 0 Å². The topological polar surface area (TPSA) is 49.4 Å². The van der Waals surface area contributed by atoms with E-state index >= 15 is 0 Å². The van der Waals surface area contributed by atoms with Gasteiger partial charge >= 0.3 is 18.5 Å². The lowest BCUT2D eigenvalue weighted by molar-refractivity contribution is -0.150. The minimum absolute atomic E-state index is 0.0988. The fourth-order valence-corrected chi connectivity index (χ4v) is 4.69. The normalized spacial score (nSPS) is 14.2. The summed E-state index contributed by atoms with van der Waals surface area (Å²) in [4.78, 5) is 26.3. The Hall–Kier alpha value is -2.64. The number of allylic oxidation sites excluding steroid dienone is 1. The predicted molar refractivity (Wildman–Crippen MR) is 150 cm³/mol. The molecule has 2 aromatic rings. The lowest BCUT2D eigenvalue weighted by atomic mass is 9.96. The second kappa shape index (κ2) is 14.6. The molecule has 16 heteroatoms. The first-order valence-electron chi connectivity index (χ1n) is 12.8. The quantitative estimate of drug-likeness (QED) is 0.153. The molecule has 0 aliphatic rings. The first kappa shape index (κ1) is 37.5. The molecule has 0 aliphatic carbocycles. The van der Waals surface area contributed by atoms with E-state index in [4.69, 9.17) is 34.8 Å². The molecule has 1 N–H and O–H groups in total. The summed E-state index contributed by atoms with van der Waals surface area (Å²) in [5, 5.41) is 1.48. The Morgan fingerprint density at radius 1 is 0.909 bits per heavy atom. The Labute approximate surface area is 262 Å². The molecule has 0 spiro atoms. The van der Waals surface area contributed by atoms with Gasteiger partial charge in [-0.3, -0.25) is 9.59 Å². The smallest absolute Gasteiger partial charge is 0.332 e. The molecule has 2 aromatic carbocycles. The molecule has 2 rings (SSSR count). The molecule has 44 heavy (non-hydrogen) atoms. The van der Waals surface area contributed by atoms with E-state index in [1.54, 1.807) is 13.8 Å². The van der Waals surface area contributed by atoms with Crippen LogP contribution in [0.5, 0.6) is 0 Å². The molecule has 0 aliphatic heterocycles. The summed E-state index contributed by atoms with van der Waals surface area (Å²) >= 11 is 17.5. The summed E-state index contributed by atoms with van der Waals surface area (Å²) in [5.41, 5.74) is -3.18. The van der Waals surface area contributed by atoms with Crippen LogP contribution in [-0.4, -0.2) is 41.8 Å². The molecule has 0 aromatic heterocycles. The number of alkyl halides is 9. The largest absolute Gasteiger partial charge is 0.417 e. The van der Waals surface area contributed by atoms with Gasteiger partial charge in [-0.05, 0) is 48.2 Å². The van der Waals surface area contributed by atoms with Crippen LogP contribution < -0.4 is 5.32 Å². The number of nitrogens with zero attached hydrogens (tertiary/aromatic N) is 1.